The molecule has 0 radical (unpaired) electrons. The first kappa shape index (κ1) is 26.4. The second-order valence-electron chi connectivity index (χ2n) is 10.7. The van der Waals surface area contributed by atoms with Crippen molar-refractivity contribution in [1.29, 1.82) is 0 Å². The van der Waals surface area contributed by atoms with Crippen molar-refractivity contribution >= 4 is 17.5 Å². The van der Waals surface area contributed by atoms with Crippen LogP contribution in [0.25, 0.3) is 0 Å². The van der Waals surface area contributed by atoms with Gasteiger partial charge in [-0.1, -0.05) is 63.6 Å². The molecule has 3 aromatic carbocycles. The summed E-state index contributed by atoms with van der Waals surface area (Å²) in [5, 5.41) is 2.92. The minimum Gasteiger partial charge on any atom is -0.481 e. The number of benzene rings is 3. The summed E-state index contributed by atoms with van der Waals surface area (Å²) < 4.78 is 20.4. The van der Waals surface area contributed by atoms with Crippen LogP contribution in [0.15, 0.2) is 66.7 Å². The number of amides is 2. The van der Waals surface area contributed by atoms with Gasteiger partial charge in [-0.3, -0.25) is 9.59 Å². The van der Waals surface area contributed by atoms with Crippen molar-refractivity contribution in [3.63, 3.8) is 0 Å². The lowest BCUT2D eigenvalue weighted by molar-refractivity contribution is -0.141. The Labute approximate surface area is 218 Å². The van der Waals surface area contributed by atoms with Crippen molar-refractivity contribution in [3.05, 3.63) is 94.8 Å². The number of hydrogen-bond acceptors (Lipinski definition) is 3. The molecule has 37 heavy (non-hydrogen) atoms. The van der Waals surface area contributed by atoms with E-state index in [1.807, 2.05) is 88.0 Å². The lowest BCUT2D eigenvalue weighted by Gasteiger charge is -2.41. The van der Waals surface area contributed by atoms with E-state index < -0.39 is 17.6 Å². The molecule has 0 bridgehead atoms. The Kier molecular flexibility index (Phi) is 7.67. The Morgan fingerprint density at radius 1 is 1.08 bits per heavy atom. The molecule has 2 atom stereocenters. The van der Waals surface area contributed by atoms with Crippen molar-refractivity contribution in [2.24, 2.45) is 5.41 Å². The third-order valence-electron chi connectivity index (χ3n) is 6.67. The average molecular weight is 503 g/mol. The number of carbonyl (C=O) groups excluding carboxylic acids is 2. The molecule has 6 heteroatoms. The van der Waals surface area contributed by atoms with Gasteiger partial charge in [-0.25, -0.2) is 4.39 Å². The van der Waals surface area contributed by atoms with Crippen LogP contribution < -0.4 is 10.1 Å². The normalized spacial score (nSPS) is 16.1. The number of nitrogens with one attached hydrogen (secondary N) is 1. The van der Waals surface area contributed by atoms with E-state index in [-0.39, 0.29) is 17.6 Å². The van der Waals surface area contributed by atoms with Gasteiger partial charge in [0.25, 0.3) is 5.91 Å². The Hall–Kier alpha value is -3.67. The molecule has 1 N–H and O–H groups in total. The molecular formula is C31H35FN2O3. The number of halogens is 1. The van der Waals surface area contributed by atoms with E-state index in [0.717, 1.165) is 16.7 Å². The van der Waals surface area contributed by atoms with Crippen LogP contribution in [0.2, 0.25) is 0 Å². The monoisotopic (exact) mass is 502 g/mol. The Bertz CT molecular complexity index is 1280. The van der Waals surface area contributed by atoms with Crippen LogP contribution in [-0.2, 0) is 16.0 Å². The molecule has 3 aromatic rings. The van der Waals surface area contributed by atoms with Crippen LogP contribution in [0.3, 0.4) is 0 Å². The summed E-state index contributed by atoms with van der Waals surface area (Å²) in [6, 6.07) is 19.3. The highest BCUT2D eigenvalue weighted by Gasteiger charge is 2.37. The largest absolute Gasteiger partial charge is 0.481 e. The zero-order valence-electron chi connectivity index (χ0n) is 22.2. The maximum atomic E-state index is 14.3. The Morgan fingerprint density at radius 2 is 1.81 bits per heavy atom. The molecule has 1 heterocycles. The molecule has 5 nitrogen and oxygen atoms in total. The van der Waals surface area contributed by atoms with E-state index >= 15 is 0 Å². The first-order valence-corrected chi connectivity index (χ1v) is 12.8. The lowest BCUT2D eigenvalue weighted by Crippen LogP contribution is -2.45. The second kappa shape index (κ2) is 10.8. The van der Waals surface area contributed by atoms with Crippen LogP contribution in [-0.4, -0.2) is 29.4 Å². The van der Waals surface area contributed by atoms with E-state index in [1.165, 1.54) is 12.1 Å². The summed E-state index contributed by atoms with van der Waals surface area (Å²) in [5.41, 5.74) is 3.92. The molecule has 4 rings (SSSR count). The maximum absolute atomic E-state index is 14.3. The predicted molar refractivity (Wildman–Crippen MR) is 144 cm³/mol. The fraction of sp³-hybridized carbons (Fsp3) is 0.355. The minimum atomic E-state index is -0.692. The van der Waals surface area contributed by atoms with Crippen LogP contribution in [0.1, 0.15) is 62.4 Å². The number of ether oxygens (including phenoxy) is 1. The average Bonchev–Trinajstić information content (AvgIpc) is 2.86. The van der Waals surface area contributed by atoms with E-state index in [9.17, 15) is 14.0 Å². The minimum absolute atomic E-state index is 0.00245. The van der Waals surface area contributed by atoms with Crippen molar-refractivity contribution in [1.82, 2.24) is 4.90 Å². The van der Waals surface area contributed by atoms with Gasteiger partial charge < -0.3 is 15.0 Å². The summed E-state index contributed by atoms with van der Waals surface area (Å²) in [6.07, 6.45) is 0.480. The second-order valence-corrected chi connectivity index (χ2v) is 10.7. The van der Waals surface area contributed by atoms with Crippen molar-refractivity contribution < 1.29 is 18.7 Å². The van der Waals surface area contributed by atoms with Gasteiger partial charge in [0.2, 0.25) is 5.91 Å². The third-order valence-corrected chi connectivity index (χ3v) is 6.67. The summed E-state index contributed by atoms with van der Waals surface area (Å²) in [6.45, 7) is 10.1. The molecule has 194 valence electrons. The van der Waals surface area contributed by atoms with E-state index in [1.54, 1.807) is 6.07 Å². The first-order chi connectivity index (χ1) is 17.6. The highest BCUT2D eigenvalue weighted by molar-refractivity contribution is 5.94. The van der Waals surface area contributed by atoms with Gasteiger partial charge in [0.15, 0.2) is 6.10 Å². The number of rotatable bonds is 6. The first-order valence-electron chi connectivity index (χ1n) is 12.8. The van der Waals surface area contributed by atoms with Crippen molar-refractivity contribution in [2.45, 2.75) is 59.6 Å². The van der Waals surface area contributed by atoms with Crippen LogP contribution in [0.4, 0.5) is 10.1 Å². The summed E-state index contributed by atoms with van der Waals surface area (Å²) >= 11 is 0. The lowest BCUT2D eigenvalue weighted by atomic mass is 9.85. The molecule has 0 aliphatic carbocycles. The Morgan fingerprint density at radius 3 is 2.46 bits per heavy atom. The van der Waals surface area contributed by atoms with E-state index in [0.29, 0.717) is 36.4 Å². The smallest absolute Gasteiger partial charge is 0.265 e. The summed E-state index contributed by atoms with van der Waals surface area (Å²) in [4.78, 5) is 28.2. The molecule has 2 unspecified atom stereocenters. The van der Waals surface area contributed by atoms with Gasteiger partial charge in [-0.05, 0) is 72.9 Å². The van der Waals surface area contributed by atoms with Crippen LogP contribution in [0, 0.1) is 18.2 Å². The van der Waals surface area contributed by atoms with Crippen molar-refractivity contribution in [2.75, 3.05) is 11.9 Å². The van der Waals surface area contributed by atoms with Crippen molar-refractivity contribution in [3.8, 4) is 5.75 Å². The van der Waals surface area contributed by atoms with Gasteiger partial charge in [-0.15, -0.1) is 0 Å². The molecule has 0 spiro atoms. The van der Waals surface area contributed by atoms with Crippen LogP contribution >= 0.6 is 0 Å². The zero-order valence-corrected chi connectivity index (χ0v) is 22.2. The molecule has 1 aliphatic rings. The highest BCUT2D eigenvalue weighted by atomic mass is 19.1. The number of hydrogen-bond donors (Lipinski definition) is 1. The van der Waals surface area contributed by atoms with Gasteiger partial charge in [0.05, 0.1) is 6.04 Å². The molecule has 0 aromatic heterocycles. The number of aryl methyl sites for hydroxylation is 1. The number of nitrogens with zero attached hydrogens (tertiary/aromatic N) is 1. The molecular weight excluding hydrogens is 467 g/mol. The highest BCUT2D eigenvalue weighted by Crippen LogP contribution is 2.39. The number of anilines is 1. The van der Waals surface area contributed by atoms with E-state index in [4.69, 9.17) is 4.74 Å². The topological polar surface area (TPSA) is 58.6 Å². The van der Waals surface area contributed by atoms with Gasteiger partial charge in [0, 0.05) is 17.6 Å². The van der Waals surface area contributed by atoms with Gasteiger partial charge in [0.1, 0.15) is 11.6 Å². The number of fused-ring (bicyclic) bond motifs is 1. The molecule has 0 saturated carbocycles. The molecule has 2 amide bonds. The maximum Gasteiger partial charge on any atom is 0.265 e. The van der Waals surface area contributed by atoms with Crippen LogP contribution in [0.5, 0.6) is 5.75 Å². The fourth-order valence-corrected chi connectivity index (χ4v) is 4.70. The molecule has 1 aliphatic heterocycles. The Balaban J connectivity index is 1.65. The molecule has 0 saturated heterocycles. The van der Waals surface area contributed by atoms with Gasteiger partial charge >= 0.3 is 0 Å². The van der Waals surface area contributed by atoms with E-state index in [2.05, 4.69) is 5.32 Å². The summed E-state index contributed by atoms with van der Waals surface area (Å²) in [7, 11) is 0. The fourth-order valence-electron chi connectivity index (χ4n) is 4.70. The third kappa shape index (κ3) is 6.01. The quantitative estimate of drug-likeness (QED) is 0.421. The number of carbonyl (C=O) groups is 2. The van der Waals surface area contributed by atoms with Gasteiger partial charge in [-0.2, -0.15) is 0 Å². The standard InChI is InChI=1S/C31H35FN2O3/c1-6-27(29(35)33-24-13-10-20(2)11-14-24)37-25-15-12-21-16-17-34(30(36)31(3,4)5)28(26(21)19-25)22-8-7-9-23(32)18-22/h7-15,18-19,27-28H,6,16-17H2,1-5H3,(H,33,35). The summed E-state index contributed by atoms with van der Waals surface area (Å²) in [5.74, 6) is -0.0342. The predicted octanol–water partition coefficient (Wildman–Crippen LogP) is 6.45. The SMILES string of the molecule is CCC(Oc1ccc2c(c1)C(c1cccc(F)c1)N(C(=O)C(C)(C)C)CC2)C(=O)Nc1ccc(C)cc1. The molecule has 0 fully saturated rings. The zero-order chi connectivity index (χ0) is 26.7.